The second-order valence-corrected chi connectivity index (χ2v) is 0.932. The zero-order chi connectivity index (χ0) is 4.12. The molecule has 0 aliphatic carbocycles. The number of thioether (sulfide) groups is 1. The first kappa shape index (κ1) is 4.82. The topological polar surface area (TPSA) is 32.6 Å². The Morgan fingerprint density at radius 3 is 2.60 bits per heavy atom. The number of rotatable bonds is 1. The molecule has 0 aromatic rings. The quantitative estimate of drug-likeness (QED) is 0.225. The van der Waals surface area contributed by atoms with E-state index in [9.17, 15) is 0 Å². The van der Waals surface area contributed by atoms with Gasteiger partial charge in [-0.3, -0.25) is 0 Å². The van der Waals surface area contributed by atoms with Crippen LogP contribution in [0.1, 0.15) is 0 Å². The van der Waals surface area contributed by atoms with Gasteiger partial charge in [-0.25, -0.2) is 0 Å². The predicted molar refractivity (Wildman–Crippen MR) is 23.2 cm³/mol. The van der Waals surface area contributed by atoms with E-state index in [1.165, 1.54) is 5.55 Å². The van der Waals surface area contributed by atoms with Crippen LogP contribution in [0.5, 0.6) is 0 Å². The summed E-state index contributed by atoms with van der Waals surface area (Å²) in [5, 5.41) is 10.2. The van der Waals surface area contributed by atoms with Crippen LogP contribution in [0, 0.1) is 6.26 Å². The van der Waals surface area contributed by atoms with Gasteiger partial charge in [-0.15, -0.1) is 11.8 Å². The molecular formula is C2H4NOS. The van der Waals surface area contributed by atoms with E-state index in [1.54, 1.807) is 0 Å². The number of hydrogen-bond donors (Lipinski definition) is 1. The highest BCUT2D eigenvalue weighted by Gasteiger charge is 1.54. The highest BCUT2D eigenvalue weighted by Crippen LogP contribution is 1.82. The Kier molecular flexibility index (Phi) is 3.68. The van der Waals surface area contributed by atoms with Crippen LogP contribution in [0.2, 0.25) is 0 Å². The first-order valence-electron chi connectivity index (χ1n) is 0.983. The summed E-state index contributed by atoms with van der Waals surface area (Å²) in [5.74, 6) is 0. The molecule has 0 bridgehead atoms. The maximum Gasteiger partial charge on any atom is 0.0991 e. The van der Waals surface area contributed by atoms with Gasteiger partial charge in [-0.2, -0.15) is 0 Å². The van der Waals surface area contributed by atoms with Gasteiger partial charge in [0.1, 0.15) is 0 Å². The standard InChI is InChI=1S/C2H4NOS/c1-5-2-3-4/h2,4H,1H2. The van der Waals surface area contributed by atoms with Gasteiger partial charge in [0, 0.05) is 6.26 Å². The fraction of sp³-hybridized carbons (Fsp3) is 0. The molecule has 0 aliphatic rings. The summed E-state index contributed by atoms with van der Waals surface area (Å²) in [5.41, 5.74) is 1.24. The molecule has 5 heavy (non-hydrogen) atoms. The average molecular weight is 90.1 g/mol. The third kappa shape index (κ3) is 3.82. The molecule has 0 amide bonds. The van der Waals surface area contributed by atoms with Gasteiger partial charge < -0.3 is 5.21 Å². The molecule has 2 nitrogen and oxygen atoms in total. The molecule has 29 valence electrons. The van der Waals surface area contributed by atoms with Gasteiger partial charge in [0.25, 0.3) is 0 Å². The Bertz CT molecular complexity index is 36.6. The Labute approximate surface area is 34.9 Å². The average Bonchev–Trinajstić information content (AvgIpc) is 1.41. The molecule has 0 rings (SSSR count). The molecule has 0 heterocycles. The molecule has 0 unspecified atom stereocenters. The second kappa shape index (κ2) is 3.82. The van der Waals surface area contributed by atoms with Crippen LogP contribution in [0.25, 0.3) is 0 Å². The van der Waals surface area contributed by atoms with Crippen molar-refractivity contribution in [3.63, 3.8) is 0 Å². The molecule has 0 saturated carbocycles. The van der Waals surface area contributed by atoms with Crippen molar-refractivity contribution in [3.05, 3.63) is 6.26 Å². The largest absolute Gasteiger partial charge is 0.410 e. The summed E-state index contributed by atoms with van der Waals surface area (Å²) in [7, 11) is 0. The van der Waals surface area contributed by atoms with Gasteiger partial charge in [0.05, 0.1) is 5.55 Å². The maximum absolute atomic E-state index is 7.57. The van der Waals surface area contributed by atoms with Crippen LogP contribution in [0.15, 0.2) is 5.16 Å². The summed E-state index contributed by atoms with van der Waals surface area (Å²) in [6.45, 7) is 0. The number of nitrogens with zero attached hydrogens (tertiary/aromatic N) is 1. The summed E-state index contributed by atoms with van der Waals surface area (Å²) in [6, 6.07) is 0. The minimum Gasteiger partial charge on any atom is -0.410 e. The van der Waals surface area contributed by atoms with E-state index in [0.29, 0.717) is 0 Å². The van der Waals surface area contributed by atoms with Gasteiger partial charge in [-0.05, 0) is 0 Å². The molecule has 0 spiro atoms. The van der Waals surface area contributed by atoms with E-state index in [0.717, 1.165) is 11.8 Å². The second-order valence-electron chi connectivity index (χ2n) is 0.388. The van der Waals surface area contributed by atoms with Gasteiger partial charge in [0.15, 0.2) is 0 Å². The minimum absolute atomic E-state index is 1.11. The van der Waals surface area contributed by atoms with E-state index in [4.69, 9.17) is 5.21 Å². The zero-order valence-corrected chi connectivity index (χ0v) is 3.40. The zero-order valence-electron chi connectivity index (χ0n) is 2.59. The lowest BCUT2D eigenvalue weighted by atomic mass is 11.7. The Hall–Kier alpha value is -0.180. The molecule has 0 aromatic carbocycles. The van der Waals surface area contributed by atoms with E-state index in [1.807, 2.05) is 0 Å². The Morgan fingerprint density at radius 2 is 2.60 bits per heavy atom. The van der Waals surface area contributed by atoms with Crippen molar-refractivity contribution < 1.29 is 5.21 Å². The summed E-state index contributed by atoms with van der Waals surface area (Å²) in [4.78, 5) is 0. The Balaban J connectivity index is 2.62. The van der Waals surface area contributed by atoms with E-state index in [2.05, 4.69) is 11.4 Å². The third-order valence-electron chi connectivity index (χ3n) is 0.122. The lowest BCUT2D eigenvalue weighted by Gasteiger charge is -1.64. The molecule has 0 aliphatic heterocycles. The molecule has 0 saturated heterocycles. The van der Waals surface area contributed by atoms with Crippen molar-refractivity contribution in [2.75, 3.05) is 0 Å². The summed E-state index contributed by atoms with van der Waals surface area (Å²) < 4.78 is 0. The number of hydrogen-bond acceptors (Lipinski definition) is 3. The van der Waals surface area contributed by atoms with Crippen LogP contribution >= 0.6 is 11.8 Å². The Morgan fingerprint density at radius 1 is 2.00 bits per heavy atom. The molecule has 0 fully saturated rings. The van der Waals surface area contributed by atoms with E-state index in [-0.39, 0.29) is 0 Å². The van der Waals surface area contributed by atoms with E-state index < -0.39 is 0 Å². The fourth-order valence-corrected chi connectivity index (χ4v) is 0.100. The molecule has 1 N–H and O–H groups in total. The van der Waals surface area contributed by atoms with E-state index >= 15 is 0 Å². The highest BCUT2D eigenvalue weighted by molar-refractivity contribution is 8.13. The van der Waals surface area contributed by atoms with Crippen LogP contribution < -0.4 is 0 Å². The number of oxime groups is 1. The lowest BCUT2D eigenvalue weighted by Crippen LogP contribution is -1.51. The van der Waals surface area contributed by atoms with Gasteiger partial charge in [0.2, 0.25) is 0 Å². The maximum atomic E-state index is 7.57. The predicted octanol–water partition coefficient (Wildman–Crippen LogP) is 0.929. The molecule has 0 atom stereocenters. The van der Waals surface area contributed by atoms with Crippen molar-refractivity contribution in [2.45, 2.75) is 0 Å². The normalized spacial score (nSPS) is 9.80. The lowest BCUT2D eigenvalue weighted by molar-refractivity contribution is 0.323. The molecule has 1 radical (unpaired) electrons. The smallest absolute Gasteiger partial charge is 0.0991 e. The van der Waals surface area contributed by atoms with Crippen molar-refractivity contribution in [1.82, 2.24) is 0 Å². The van der Waals surface area contributed by atoms with Gasteiger partial charge in [-0.1, -0.05) is 5.16 Å². The van der Waals surface area contributed by atoms with Crippen molar-refractivity contribution >= 4 is 17.3 Å². The van der Waals surface area contributed by atoms with Crippen molar-refractivity contribution in [1.29, 1.82) is 0 Å². The minimum atomic E-state index is 1.11. The molecular weight excluding hydrogens is 86.1 g/mol. The van der Waals surface area contributed by atoms with Crippen molar-refractivity contribution in [3.8, 4) is 0 Å². The van der Waals surface area contributed by atoms with Crippen LogP contribution in [0.3, 0.4) is 0 Å². The summed E-state index contributed by atoms with van der Waals surface area (Å²) >= 11 is 1.11. The SMILES string of the molecule is [CH2]SC=NO. The van der Waals surface area contributed by atoms with Crippen LogP contribution in [-0.4, -0.2) is 10.8 Å². The summed E-state index contributed by atoms with van der Waals surface area (Å²) in [6.07, 6.45) is 3.28. The van der Waals surface area contributed by atoms with Crippen LogP contribution in [-0.2, 0) is 0 Å². The third-order valence-corrected chi connectivity index (χ3v) is 0.365. The fourth-order valence-electron chi connectivity index (χ4n) is 0.0333. The highest BCUT2D eigenvalue weighted by atomic mass is 32.2. The van der Waals surface area contributed by atoms with Gasteiger partial charge >= 0.3 is 0 Å². The molecule has 3 heteroatoms. The molecule has 0 aromatic heterocycles. The monoisotopic (exact) mass is 90.0 g/mol. The van der Waals surface area contributed by atoms with Crippen molar-refractivity contribution in [2.24, 2.45) is 5.16 Å². The first-order chi connectivity index (χ1) is 2.41. The first-order valence-corrected chi connectivity index (χ1v) is 2.03. The van der Waals surface area contributed by atoms with Crippen LogP contribution in [0.4, 0.5) is 0 Å².